The summed E-state index contributed by atoms with van der Waals surface area (Å²) in [4.78, 5) is 4.56. The molecule has 2 aromatic rings. The zero-order valence-electron chi connectivity index (χ0n) is 11.6. The fraction of sp³-hybridized carbons (Fsp3) is 0.400. The van der Waals surface area contributed by atoms with Crippen LogP contribution in [0, 0.1) is 6.92 Å². The number of thiazole rings is 1. The Balaban J connectivity index is 2.22. The highest BCUT2D eigenvalue weighted by Crippen LogP contribution is 2.29. The van der Waals surface area contributed by atoms with Crippen LogP contribution in [0.2, 0.25) is 5.02 Å². The lowest BCUT2D eigenvalue weighted by Crippen LogP contribution is -2.24. The first-order valence-corrected chi connectivity index (χ1v) is 8.74. The Hall–Kier alpha value is -0.420. The largest absolute Gasteiger partial charge is 0.310 e. The van der Waals surface area contributed by atoms with E-state index in [0.29, 0.717) is 0 Å². The number of nitrogens with one attached hydrogen (secondary N) is 1. The summed E-state index contributed by atoms with van der Waals surface area (Å²) in [7, 11) is 0. The Morgan fingerprint density at radius 1 is 1.45 bits per heavy atom. The van der Waals surface area contributed by atoms with Gasteiger partial charge in [0.25, 0.3) is 0 Å². The van der Waals surface area contributed by atoms with Gasteiger partial charge in [-0.3, -0.25) is 0 Å². The predicted molar refractivity (Wildman–Crippen MR) is 90.7 cm³/mol. The Bertz CT molecular complexity index is 571. The summed E-state index contributed by atoms with van der Waals surface area (Å²) in [6.07, 6.45) is 1.96. The smallest absolute Gasteiger partial charge is 0.0897 e. The lowest BCUT2D eigenvalue weighted by Gasteiger charge is -2.19. The third-order valence-electron chi connectivity index (χ3n) is 3.06. The molecule has 1 unspecified atom stereocenters. The lowest BCUT2D eigenvalue weighted by molar-refractivity contribution is 0.525. The van der Waals surface area contributed by atoms with Crippen molar-refractivity contribution >= 4 is 38.9 Å². The number of benzene rings is 1. The van der Waals surface area contributed by atoms with Gasteiger partial charge >= 0.3 is 0 Å². The van der Waals surface area contributed by atoms with Gasteiger partial charge in [-0.1, -0.05) is 40.5 Å². The van der Waals surface area contributed by atoms with Crippen LogP contribution in [0.4, 0.5) is 0 Å². The maximum Gasteiger partial charge on any atom is 0.0897 e. The Morgan fingerprint density at radius 3 is 2.85 bits per heavy atom. The molecule has 0 aliphatic rings. The minimum Gasteiger partial charge on any atom is -0.310 e. The first-order valence-electron chi connectivity index (χ1n) is 6.69. The third kappa shape index (κ3) is 4.29. The highest BCUT2D eigenvalue weighted by molar-refractivity contribution is 9.10. The summed E-state index contributed by atoms with van der Waals surface area (Å²) in [5.74, 6) is 0. The van der Waals surface area contributed by atoms with Gasteiger partial charge < -0.3 is 5.32 Å². The number of hydrogen-bond donors (Lipinski definition) is 1. The number of aryl methyl sites for hydroxylation is 1. The predicted octanol–water partition coefficient (Wildman–Crippen LogP) is 5.15. The molecule has 0 aliphatic carbocycles. The molecule has 1 heterocycles. The average Bonchev–Trinajstić information content (AvgIpc) is 2.80. The SMILES string of the molecule is CCCNC(Cc1csc(C)n1)c1ccc(Br)cc1Cl. The summed E-state index contributed by atoms with van der Waals surface area (Å²) >= 11 is 11.5. The zero-order valence-corrected chi connectivity index (χ0v) is 14.8. The van der Waals surface area contributed by atoms with E-state index < -0.39 is 0 Å². The molecule has 20 heavy (non-hydrogen) atoms. The van der Waals surface area contributed by atoms with Crippen molar-refractivity contribution in [2.45, 2.75) is 32.7 Å². The summed E-state index contributed by atoms with van der Waals surface area (Å²) < 4.78 is 1.00. The first-order chi connectivity index (χ1) is 9.60. The second kappa shape index (κ2) is 7.55. The standard InChI is InChI=1S/C15H18BrClN2S/c1-3-6-18-15(8-12-9-20-10(2)19-12)13-5-4-11(16)7-14(13)17/h4-5,7,9,15,18H,3,6,8H2,1-2H3. The van der Waals surface area contributed by atoms with Crippen molar-refractivity contribution in [2.75, 3.05) is 6.54 Å². The maximum absolute atomic E-state index is 6.39. The van der Waals surface area contributed by atoms with E-state index in [2.05, 4.69) is 44.6 Å². The Kier molecular flexibility index (Phi) is 6.02. The number of halogens is 2. The first kappa shape index (κ1) is 16.0. The van der Waals surface area contributed by atoms with Crippen molar-refractivity contribution in [3.63, 3.8) is 0 Å². The molecule has 0 amide bonds. The number of nitrogens with zero attached hydrogens (tertiary/aromatic N) is 1. The molecule has 108 valence electrons. The van der Waals surface area contributed by atoms with E-state index in [0.717, 1.165) is 45.1 Å². The molecule has 1 N–H and O–H groups in total. The van der Waals surface area contributed by atoms with E-state index in [4.69, 9.17) is 11.6 Å². The molecule has 0 radical (unpaired) electrons. The zero-order chi connectivity index (χ0) is 14.5. The van der Waals surface area contributed by atoms with E-state index >= 15 is 0 Å². The van der Waals surface area contributed by atoms with Gasteiger partial charge in [0.15, 0.2) is 0 Å². The lowest BCUT2D eigenvalue weighted by atomic mass is 10.0. The molecule has 0 fully saturated rings. The van der Waals surface area contributed by atoms with E-state index in [1.807, 2.05) is 19.1 Å². The monoisotopic (exact) mass is 372 g/mol. The molecular weight excluding hydrogens is 356 g/mol. The molecule has 0 saturated carbocycles. The van der Waals surface area contributed by atoms with Crippen LogP contribution in [0.15, 0.2) is 28.1 Å². The maximum atomic E-state index is 6.39. The summed E-state index contributed by atoms with van der Waals surface area (Å²) in [6, 6.07) is 6.27. The summed E-state index contributed by atoms with van der Waals surface area (Å²) in [5.41, 5.74) is 2.26. The number of rotatable bonds is 6. The highest BCUT2D eigenvalue weighted by Gasteiger charge is 2.16. The molecule has 1 atom stereocenters. The fourth-order valence-electron chi connectivity index (χ4n) is 2.11. The van der Waals surface area contributed by atoms with Crippen LogP contribution < -0.4 is 5.32 Å². The Morgan fingerprint density at radius 2 is 2.25 bits per heavy atom. The van der Waals surface area contributed by atoms with Gasteiger partial charge in [-0.05, 0) is 37.6 Å². The van der Waals surface area contributed by atoms with E-state index in [1.54, 1.807) is 11.3 Å². The molecule has 0 saturated heterocycles. The van der Waals surface area contributed by atoms with Crippen LogP contribution in [-0.2, 0) is 6.42 Å². The molecule has 1 aromatic heterocycles. The minimum atomic E-state index is 0.206. The second-order valence-electron chi connectivity index (χ2n) is 4.73. The average molecular weight is 374 g/mol. The third-order valence-corrected chi connectivity index (χ3v) is 4.70. The van der Waals surface area contributed by atoms with Gasteiger partial charge in [-0.2, -0.15) is 0 Å². The van der Waals surface area contributed by atoms with Crippen molar-refractivity contribution in [1.29, 1.82) is 0 Å². The van der Waals surface area contributed by atoms with Crippen LogP contribution in [-0.4, -0.2) is 11.5 Å². The van der Waals surface area contributed by atoms with Crippen LogP contribution in [0.5, 0.6) is 0 Å². The quantitative estimate of drug-likeness (QED) is 0.757. The van der Waals surface area contributed by atoms with Gasteiger partial charge in [-0.25, -0.2) is 4.98 Å². The van der Waals surface area contributed by atoms with E-state index in [-0.39, 0.29) is 6.04 Å². The number of hydrogen-bond acceptors (Lipinski definition) is 3. The molecule has 2 rings (SSSR count). The molecule has 5 heteroatoms. The fourth-order valence-corrected chi connectivity index (χ4v) is 3.54. The van der Waals surface area contributed by atoms with Crippen molar-refractivity contribution < 1.29 is 0 Å². The van der Waals surface area contributed by atoms with Gasteiger partial charge in [0, 0.05) is 27.3 Å². The van der Waals surface area contributed by atoms with Crippen LogP contribution in [0.1, 0.15) is 35.7 Å². The molecule has 2 nitrogen and oxygen atoms in total. The minimum absolute atomic E-state index is 0.206. The van der Waals surface area contributed by atoms with Gasteiger partial charge in [-0.15, -0.1) is 11.3 Å². The highest BCUT2D eigenvalue weighted by atomic mass is 79.9. The van der Waals surface area contributed by atoms with Crippen LogP contribution in [0.3, 0.4) is 0 Å². The van der Waals surface area contributed by atoms with Crippen LogP contribution in [0.25, 0.3) is 0 Å². The molecule has 0 aliphatic heterocycles. The summed E-state index contributed by atoms with van der Waals surface area (Å²) in [5, 5.41) is 7.60. The topological polar surface area (TPSA) is 24.9 Å². The van der Waals surface area contributed by atoms with Crippen molar-refractivity contribution in [3.8, 4) is 0 Å². The second-order valence-corrected chi connectivity index (χ2v) is 7.12. The van der Waals surface area contributed by atoms with Crippen LogP contribution >= 0.6 is 38.9 Å². The molecule has 0 spiro atoms. The van der Waals surface area contributed by atoms with Crippen molar-refractivity contribution in [3.05, 3.63) is 49.3 Å². The normalized spacial score (nSPS) is 12.6. The number of aromatic nitrogens is 1. The van der Waals surface area contributed by atoms with Crippen molar-refractivity contribution in [1.82, 2.24) is 10.3 Å². The van der Waals surface area contributed by atoms with E-state index in [9.17, 15) is 0 Å². The van der Waals surface area contributed by atoms with Gasteiger partial charge in [0.2, 0.25) is 0 Å². The molecular formula is C15H18BrClN2S. The summed E-state index contributed by atoms with van der Waals surface area (Å²) in [6.45, 7) is 5.18. The van der Waals surface area contributed by atoms with Crippen molar-refractivity contribution in [2.24, 2.45) is 0 Å². The van der Waals surface area contributed by atoms with Gasteiger partial charge in [0.05, 0.1) is 10.7 Å². The van der Waals surface area contributed by atoms with E-state index in [1.165, 1.54) is 0 Å². The van der Waals surface area contributed by atoms with Gasteiger partial charge in [0.1, 0.15) is 0 Å². The molecule has 1 aromatic carbocycles. The molecule has 0 bridgehead atoms. The Labute approximate surface area is 137 Å².